The largest absolute Gasteiger partial charge is 0.506 e. The number of nitrogens with two attached hydrogens (primary N) is 1. The summed E-state index contributed by atoms with van der Waals surface area (Å²) < 4.78 is 0. The van der Waals surface area contributed by atoms with Gasteiger partial charge in [-0.1, -0.05) is 96.0 Å². The summed E-state index contributed by atoms with van der Waals surface area (Å²) in [4.78, 5) is 0. The lowest BCUT2D eigenvalue weighted by atomic mass is 9.80. The lowest BCUT2D eigenvalue weighted by Gasteiger charge is -2.33. The maximum atomic E-state index is 11.6. The summed E-state index contributed by atoms with van der Waals surface area (Å²) in [6.07, 6.45) is 3.23. The SMILES string of the molecule is N[C@H](C=Cc1cc(Cl)cc(Cl)c1O)C(O)(c1ccccc1)c1ccccc1. The van der Waals surface area contributed by atoms with Crippen LogP contribution in [0.3, 0.4) is 0 Å². The fourth-order valence-electron chi connectivity index (χ4n) is 3.00. The van der Waals surface area contributed by atoms with Crippen LogP contribution in [0.25, 0.3) is 6.08 Å². The van der Waals surface area contributed by atoms with Crippen molar-refractivity contribution in [1.82, 2.24) is 0 Å². The van der Waals surface area contributed by atoms with Gasteiger partial charge in [-0.25, -0.2) is 0 Å². The molecular weight excluding hydrogens is 381 g/mol. The summed E-state index contributed by atoms with van der Waals surface area (Å²) in [5.74, 6) is -0.0903. The van der Waals surface area contributed by atoms with E-state index in [2.05, 4.69) is 0 Å². The van der Waals surface area contributed by atoms with Crippen molar-refractivity contribution in [2.75, 3.05) is 0 Å². The van der Waals surface area contributed by atoms with E-state index < -0.39 is 11.6 Å². The van der Waals surface area contributed by atoms with Crippen molar-refractivity contribution >= 4 is 29.3 Å². The molecule has 0 heterocycles. The highest BCUT2D eigenvalue weighted by Gasteiger charge is 2.36. The van der Waals surface area contributed by atoms with Crippen molar-refractivity contribution in [2.45, 2.75) is 11.6 Å². The third-order valence-electron chi connectivity index (χ3n) is 4.45. The molecule has 0 fully saturated rings. The van der Waals surface area contributed by atoms with Gasteiger partial charge in [-0.2, -0.15) is 0 Å². The summed E-state index contributed by atoms with van der Waals surface area (Å²) in [6.45, 7) is 0. The average Bonchev–Trinajstić information content (AvgIpc) is 2.70. The van der Waals surface area contributed by atoms with Crippen LogP contribution in [0.15, 0.2) is 78.9 Å². The molecule has 0 radical (unpaired) electrons. The van der Waals surface area contributed by atoms with Crippen LogP contribution in [0.4, 0.5) is 0 Å². The summed E-state index contributed by atoms with van der Waals surface area (Å²) in [5.41, 5.74) is 6.72. The Hall–Kier alpha value is -2.30. The molecule has 4 N–H and O–H groups in total. The molecule has 0 aliphatic rings. The average molecular weight is 400 g/mol. The van der Waals surface area contributed by atoms with Crippen molar-refractivity contribution < 1.29 is 10.2 Å². The Morgan fingerprint density at radius 3 is 1.93 bits per heavy atom. The number of aliphatic hydroxyl groups is 1. The van der Waals surface area contributed by atoms with E-state index in [4.69, 9.17) is 28.9 Å². The molecule has 1 atom stereocenters. The van der Waals surface area contributed by atoms with Crippen molar-refractivity contribution in [3.8, 4) is 5.75 Å². The molecule has 3 aromatic rings. The first-order valence-corrected chi connectivity index (χ1v) is 9.13. The Labute approximate surface area is 168 Å². The van der Waals surface area contributed by atoms with Crippen LogP contribution in [-0.2, 0) is 5.60 Å². The van der Waals surface area contributed by atoms with Gasteiger partial charge in [0, 0.05) is 10.6 Å². The number of hydrogen-bond donors (Lipinski definition) is 3. The maximum absolute atomic E-state index is 11.6. The van der Waals surface area contributed by atoms with Crippen LogP contribution in [0.2, 0.25) is 10.0 Å². The second-order valence-corrected chi connectivity index (χ2v) is 7.05. The van der Waals surface area contributed by atoms with Crippen molar-refractivity contribution in [2.24, 2.45) is 5.73 Å². The first-order chi connectivity index (χ1) is 12.9. The number of phenolic OH excluding ortho intramolecular Hbond substituents is 1. The fraction of sp³-hybridized carbons (Fsp3) is 0.0909. The van der Waals surface area contributed by atoms with Gasteiger partial charge in [0.1, 0.15) is 11.4 Å². The highest BCUT2D eigenvalue weighted by atomic mass is 35.5. The van der Waals surface area contributed by atoms with E-state index in [-0.39, 0.29) is 10.8 Å². The molecule has 27 heavy (non-hydrogen) atoms. The van der Waals surface area contributed by atoms with Gasteiger partial charge in [0.15, 0.2) is 0 Å². The summed E-state index contributed by atoms with van der Waals surface area (Å²) >= 11 is 12.0. The van der Waals surface area contributed by atoms with E-state index in [0.29, 0.717) is 21.7 Å². The van der Waals surface area contributed by atoms with Crippen molar-refractivity contribution in [3.63, 3.8) is 0 Å². The number of rotatable bonds is 5. The molecule has 0 aromatic heterocycles. The van der Waals surface area contributed by atoms with Crippen LogP contribution < -0.4 is 5.73 Å². The highest BCUT2D eigenvalue weighted by molar-refractivity contribution is 6.35. The number of aromatic hydroxyl groups is 1. The Kier molecular flexibility index (Phi) is 5.88. The van der Waals surface area contributed by atoms with Crippen LogP contribution in [0.1, 0.15) is 16.7 Å². The van der Waals surface area contributed by atoms with Crippen molar-refractivity contribution in [1.29, 1.82) is 0 Å². The zero-order valence-corrected chi connectivity index (χ0v) is 15.9. The summed E-state index contributed by atoms with van der Waals surface area (Å²) in [7, 11) is 0. The molecule has 0 unspecified atom stereocenters. The molecule has 3 rings (SSSR count). The van der Waals surface area contributed by atoms with Gasteiger partial charge in [-0.3, -0.25) is 0 Å². The molecule has 0 spiro atoms. The second-order valence-electron chi connectivity index (χ2n) is 6.21. The second kappa shape index (κ2) is 8.15. The lowest BCUT2D eigenvalue weighted by Crippen LogP contribution is -2.45. The summed E-state index contributed by atoms with van der Waals surface area (Å²) in [6, 6.07) is 20.7. The monoisotopic (exact) mass is 399 g/mol. The maximum Gasteiger partial charge on any atom is 0.141 e. The van der Waals surface area contributed by atoms with Gasteiger partial charge in [-0.15, -0.1) is 0 Å². The molecule has 0 saturated heterocycles. The van der Waals surface area contributed by atoms with Crippen molar-refractivity contribution in [3.05, 3.63) is 106 Å². The molecule has 0 aliphatic carbocycles. The topological polar surface area (TPSA) is 66.5 Å². The van der Waals surface area contributed by atoms with E-state index in [1.807, 2.05) is 60.7 Å². The number of phenols is 1. The zero-order chi connectivity index (χ0) is 19.4. The minimum Gasteiger partial charge on any atom is -0.506 e. The molecule has 0 saturated carbocycles. The van der Waals surface area contributed by atoms with Gasteiger partial charge >= 0.3 is 0 Å². The van der Waals surface area contributed by atoms with E-state index in [1.165, 1.54) is 6.07 Å². The minimum absolute atomic E-state index is 0.0903. The minimum atomic E-state index is -1.45. The lowest BCUT2D eigenvalue weighted by molar-refractivity contribution is 0.0672. The van der Waals surface area contributed by atoms with E-state index >= 15 is 0 Å². The van der Waals surface area contributed by atoms with Gasteiger partial charge in [0.2, 0.25) is 0 Å². The number of benzene rings is 3. The zero-order valence-electron chi connectivity index (χ0n) is 14.4. The van der Waals surface area contributed by atoms with Crippen LogP contribution in [0.5, 0.6) is 5.75 Å². The van der Waals surface area contributed by atoms with E-state index in [9.17, 15) is 10.2 Å². The molecule has 0 bridgehead atoms. The van der Waals surface area contributed by atoms with E-state index in [0.717, 1.165) is 0 Å². The third-order valence-corrected chi connectivity index (χ3v) is 4.96. The molecular formula is C22H19Cl2NO2. The smallest absolute Gasteiger partial charge is 0.141 e. The third kappa shape index (κ3) is 4.02. The number of halogens is 2. The van der Waals surface area contributed by atoms with Gasteiger partial charge in [0.25, 0.3) is 0 Å². The van der Waals surface area contributed by atoms with Gasteiger partial charge in [0.05, 0.1) is 11.1 Å². The highest BCUT2D eigenvalue weighted by Crippen LogP contribution is 2.35. The van der Waals surface area contributed by atoms with Gasteiger partial charge < -0.3 is 15.9 Å². The molecule has 0 amide bonds. The number of hydrogen-bond acceptors (Lipinski definition) is 3. The Bertz CT molecular complexity index is 904. The first-order valence-electron chi connectivity index (χ1n) is 8.38. The predicted molar refractivity (Wildman–Crippen MR) is 111 cm³/mol. The molecule has 3 nitrogen and oxygen atoms in total. The molecule has 3 aromatic carbocycles. The standard InChI is InChI=1S/C22H19Cl2NO2/c23-18-13-15(21(26)19(24)14-18)11-12-20(25)22(27,16-7-3-1-4-8-16)17-9-5-2-6-10-17/h1-14,20,26-27H,25H2/t20-/m1/s1. The Morgan fingerprint density at radius 1 is 0.889 bits per heavy atom. The molecule has 138 valence electrons. The van der Waals surface area contributed by atoms with Crippen LogP contribution >= 0.6 is 23.2 Å². The first kappa shape index (κ1) is 19.5. The normalized spacial score (nSPS) is 13.0. The van der Waals surface area contributed by atoms with E-state index in [1.54, 1.807) is 18.2 Å². The Balaban J connectivity index is 2.04. The quantitative estimate of drug-likeness (QED) is 0.566. The predicted octanol–water partition coefficient (Wildman–Crippen LogP) is 4.98. The van der Waals surface area contributed by atoms with Crippen LogP contribution in [0, 0.1) is 0 Å². The summed E-state index contributed by atoms with van der Waals surface area (Å²) in [5, 5.41) is 22.3. The molecule has 0 aliphatic heterocycles. The molecule has 5 heteroatoms. The fourth-order valence-corrected chi connectivity index (χ4v) is 3.50. The van der Waals surface area contributed by atoms with Crippen LogP contribution in [-0.4, -0.2) is 16.3 Å². The van der Waals surface area contributed by atoms with Gasteiger partial charge in [-0.05, 0) is 23.3 Å². The Morgan fingerprint density at radius 2 is 1.41 bits per heavy atom.